The molecule has 1 aliphatic rings. The van der Waals surface area contributed by atoms with Crippen molar-refractivity contribution in [2.45, 2.75) is 53.1 Å². The first-order valence-electron chi connectivity index (χ1n) is 16.1. The Morgan fingerprint density at radius 3 is 2.48 bits per heavy atom. The maximum Gasteiger partial charge on any atom is 0.253 e. The monoisotopic (exact) mass is 618 g/mol. The number of hydrogen-bond acceptors (Lipinski definition) is 5. The smallest absolute Gasteiger partial charge is 0.253 e. The van der Waals surface area contributed by atoms with E-state index in [2.05, 4.69) is 40.5 Å². The largest absolute Gasteiger partial charge is 0.504 e. The van der Waals surface area contributed by atoms with Crippen molar-refractivity contribution in [3.05, 3.63) is 138 Å². The fraction of sp³-hybridized carbons (Fsp3) is 0.282. The number of aromatic hydroxyl groups is 1. The van der Waals surface area contributed by atoms with Crippen LogP contribution >= 0.6 is 0 Å². The number of carbonyl (C=O) groups is 1. The van der Waals surface area contributed by atoms with E-state index in [0.29, 0.717) is 36.7 Å². The number of fused-ring (bicyclic) bond motifs is 1. The summed E-state index contributed by atoms with van der Waals surface area (Å²) < 4.78 is 6.10. The van der Waals surface area contributed by atoms with Crippen molar-refractivity contribution in [1.29, 1.82) is 0 Å². The molecule has 1 aliphatic heterocycles. The Hall–Kier alpha value is -4.88. The van der Waals surface area contributed by atoms with Gasteiger partial charge < -0.3 is 19.7 Å². The second-order valence-corrected chi connectivity index (χ2v) is 11.0. The number of amides is 1. The quantitative estimate of drug-likeness (QED) is 0.130. The highest BCUT2D eigenvalue weighted by atomic mass is 16.5. The van der Waals surface area contributed by atoms with Gasteiger partial charge in [-0.2, -0.15) is 0 Å². The second kappa shape index (κ2) is 17.0. The fourth-order valence-electron chi connectivity index (χ4n) is 5.60. The maximum atomic E-state index is 13.0. The number of carbonyl (C=O) groups excluding carboxylic acids is 1. The molecule has 0 radical (unpaired) electrons. The lowest BCUT2D eigenvalue weighted by Crippen LogP contribution is -2.36. The van der Waals surface area contributed by atoms with E-state index in [4.69, 9.17) is 4.74 Å². The molecule has 0 fully saturated rings. The summed E-state index contributed by atoms with van der Waals surface area (Å²) in [4.78, 5) is 25.1. The first-order chi connectivity index (χ1) is 22.4. The lowest BCUT2D eigenvalue weighted by Gasteiger charge is -2.38. The van der Waals surface area contributed by atoms with E-state index in [-0.39, 0.29) is 17.7 Å². The van der Waals surface area contributed by atoms with Gasteiger partial charge in [-0.25, -0.2) is 4.98 Å². The third kappa shape index (κ3) is 8.64. The minimum Gasteiger partial charge on any atom is -0.504 e. The Kier molecular flexibility index (Phi) is 12.6. The first-order valence-corrected chi connectivity index (χ1v) is 16.1. The van der Waals surface area contributed by atoms with Crippen LogP contribution in [0.15, 0.2) is 104 Å². The van der Waals surface area contributed by atoms with E-state index in [1.807, 2.05) is 111 Å². The molecule has 0 saturated heterocycles. The zero-order valence-corrected chi connectivity index (χ0v) is 27.4. The Morgan fingerprint density at radius 1 is 1.11 bits per heavy atom. The molecule has 4 aromatic rings. The van der Waals surface area contributed by atoms with Crippen LogP contribution in [-0.2, 0) is 13.0 Å². The molecule has 2 N–H and O–H groups in total. The number of H-pyrrole nitrogens is 1. The Balaban J connectivity index is 0.000000892. The molecule has 1 amide bonds. The molecule has 7 nitrogen and oxygen atoms in total. The number of phenols is 1. The van der Waals surface area contributed by atoms with Crippen molar-refractivity contribution in [2.24, 2.45) is 0 Å². The Bertz CT molecular complexity index is 1620. The SMILES string of the molecule is C/C=C\CC.C=C/C=C/c1ncc(CN2CCc3cc(O)c(Oc4ccccc4)cc3C2c2ccc(C(=O)N(CC)CC)cc2)[nH]1. The Labute approximate surface area is 273 Å². The molecule has 0 bridgehead atoms. The molecular weight excluding hydrogens is 572 g/mol. The molecule has 3 aromatic carbocycles. The van der Waals surface area contributed by atoms with Crippen LogP contribution in [-0.4, -0.2) is 50.4 Å². The molecule has 1 unspecified atom stereocenters. The number of nitrogens with zero attached hydrogens (tertiary/aromatic N) is 3. The lowest BCUT2D eigenvalue weighted by atomic mass is 9.87. The standard InChI is InChI=1S/C34H36N4O3.C5H10/c1-4-7-13-32-35-22-27(36-32)23-38-19-18-26-20-30(39)31(41-28-11-9-8-10-12-28)21-29(26)33(38)24-14-16-25(17-15-24)34(40)37(5-2)6-3;1-3-5-4-2/h4,7-17,20-22,33,39H,1,5-6,18-19,23H2,2-3H3,(H,35,36);3,5H,4H2,1-2H3/b13-7+;5-3-. The number of para-hydroxylation sites is 1. The zero-order chi connectivity index (χ0) is 32.9. The molecular formula is C39H46N4O3. The van der Waals surface area contributed by atoms with Crippen molar-refractivity contribution < 1.29 is 14.6 Å². The van der Waals surface area contributed by atoms with Gasteiger partial charge in [0.15, 0.2) is 11.5 Å². The van der Waals surface area contributed by atoms with Crippen LogP contribution in [0, 0.1) is 0 Å². The summed E-state index contributed by atoms with van der Waals surface area (Å²) in [5, 5.41) is 10.8. The van der Waals surface area contributed by atoms with Crippen molar-refractivity contribution in [2.75, 3.05) is 19.6 Å². The number of allylic oxidation sites excluding steroid dienone is 4. The van der Waals surface area contributed by atoms with Gasteiger partial charge in [-0.1, -0.05) is 68.1 Å². The van der Waals surface area contributed by atoms with Crippen LogP contribution < -0.4 is 4.74 Å². The molecule has 0 spiro atoms. The molecule has 1 atom stereocenters. The van der Waals surface area contributed by atoms with Gasteiger partial charge in [0.1, 0.15) is 11.6 Å². The normalized spacial score (nSPS) is 14.5. The van der Waals surface area contributed by atoms with Crippen LogP contribution in [0.4, 0.5) is 0 Å². The van der Waals surface area contributed by atoms with Crippen molar-refractivity contribution in [3.63, 3.8) is 0 Å². The van der Waals surface area contributed by atoms with E-state index >= 15 is 0 Å². The van der Waals surface area contributed by atoms with Crippen LogP contribution in [0.25, 0.3) is 6.08 Å². The minimum atomic E-state index is -0.120. The number of hydrogen-bond donors (Lipinski definition) is 2. The molecule has 5 rings (SSSR count). The van der Waals surface area contributed by atoms with Crippen LogP contribution in [0.5, 0.6) is 17.2 Å². The minimum absolute atomic E-state index is 0.0310. The summed E-state index contributed by atoms with van der Waals surface area (Å²) in [6.45, 7) is 14.6. The Morgan fingerprint density at radius 2 is 1.85 bits per heavy atom. The molecule has 240 valence electrons. The van der Waals surface area contributed by atoms with Gasteiger partial charge >= 0.3 is 0 Å². The summed E-state index contributed by atoms with van der Waals surface area (Å²) in [7, 11) is 0. The van der Waals surface area contributed by atoms with Crippen molar-refractivity contribution >= 4 is 12.0 Å². The summed E-state index contributed by atoms with van der Waals surface area (Å²) in [5.74, 6) is 1.99. The van der Waals surface area contributed by atoms with E-state index in [1.165, 1.54) is 0 Å². The van der Waals surface area contributed by atoms with E-state index < -0.39 is 0 Å². The molecule has 7 heteroatoms. The maximum absolute atomic E-state index is 13.0. The average molecular weight is 619 g/mol. The number of phenolic OH excluding ortho intramolecular Hbond substituents is 1. The highest BCUT2D eigenvalue weighted by Crippen LogP contribution is 2.42. The molecule has 0 saturated carbocycles. The van der Waals surface area contributed by atoms with Crippen LogP contribution in [0.3, 0.4) is 0 Å². The van der Waals surface area contributed by atoms with Gasteiger partial charge in [-0.15, -0.1) is 0 Å². The third-order valence-corrected chi connectivity index (χ3v) is 7.93. The van der Waals surface area contributed by atoms with Gasteiger partial charge in [0.05, 0.1) is 6.04 Å². The molecule has 1 aromatic heterocycles. The molecule has 46 heavy (non-hydrogen) atoms. The number of aromatic amines is 1. The van der Waals surface area contributed by atoms with Gasteiger partial charge in [-0.05, 0) is 92.8 Å². The average Bonchev–Trinajstić information content (AvgIpc) is 3.53. The summed E-state index contributed by atoms with van der Waals surface area (Å²) in [6.07, 6.45) is 13.4. The third-order valence-electron chi connectivity index (χ3n) is 7.93. The predicted molar refractivity (Wildman–Crippen MR) is 187 cm³/mol. The van der Waals surface area contributed by atoms with Crippen molar-refractivity contribution in [3.8, 4) is 17.2 Å². The lowest BCUT2D eigenvalue weighted by molar-refractivity contribution is 0.0773. The first kappa shape index (κ1) is 34.0. The van der Waals surface area contributed by atoms with Crippen LogP contribution in [0.2, 0.25) is 0 Å². The van der Waals surface area contributed by atoms with E-state index in [9.17, 15) is 9.90 Å². The van der Waals surface area contributed by atoms with Crippen molar-refractivity contribution in [1.82, 2.24) is 19.8 Å². The molecule has 2 heterocycles. The molecule has 0 aliphatic carbocycles. The zero-order valence-electron chi connectivity index (χ0n) is 27.4. The van der Waals surface area contributed by atoms with E-state index in [0.717, 1.165) is 47.6 Å². The highest BCUT2D eigenvalue weighted by molar-refractivity contribution is 5.94. The summed E-state index contributed by atoms with van der Waals surface area (Å²) >= 11 is 0. The number of nitrogens with one attached hydrogen (secondary N) is 1. The van der Waals surface area contributed by atoms with Gasteiger partial charge in [0.25, 0.3) is 5.91 Å². The summed E-state index contributed by atoms with van der Waals surface area (Å²) in [5.41, 5.74) is 4.87. The summed E-state index contributed by atoms with van der Waals surface area (Å²) in [6, 6.07) is 21.0. The second-order valence-electron chi connectivity index (χ2n) is 11.0. The predicted octanol–water partition coefficient (Wildman–Crippen LogP) is 8.71. The highest BCUT2D eigenvalue weighted by Gasteiger charge is 2.31. The number of benzene rings is 3. The van der Waals surface area contributed by atoms with E-state index in [1.54, 1.807) is 6.08 Å². The fourth-order valence-corrected chi connectivity index (χ4v) is 5.60. The van der Waals surface area contributed by atoms with Gasteiger partial charge in [-0.3, -0.25) is 9.69 Å². The van der Waals surface area contributed by atoms with Gasteiger partial charge in [0.2, 0.25) is 0 Å². The van der Waals surface area contributed by atoms with Crippen LogP contribution in [0.1, 0.15) is 78.7 Å². The number of rotatable bonds is 11. The number of aromatic nitrogens is 2. The number of imidazole rings is 1. The van der Waals surface area contributed by atoms with Gasteiger partial charge in [0, 0.05) is 43.6 Å². The number of ether oxygens (including phenoxy) is 1. The topological polar surface area (TPSA) is 81.7 Å².